The maximum absolute atomic E-state index is 6.20. The molecule has 0 atom stereocenters. The smallest absolute Gasteiger partial charge is 0.122 e. The molecule has 0 fully saturated rings. The van der Waals surface area contributed by atoms with Gasteiger partial charge in [0.15, 0.2) is 0 Å². The molecule has 0 aliphatic heterocycles. The lowest BCUT2D eigenvalue weighted by molar-refractivity contribution is 0.304. The van der Waals surface area contributed by atoms with E-state index in [1.54, 1.807) is 0 Å². The Labute approximate surface area is 288 Å². The average Bonchev–Trinajstić information content (AvgIpc) is 3.57. The van der Waals surface area contributed by atoms with Gasteiger partial charge < -0.3 is 9.47 Å². The van der Waals surface area contributed by atoms with Crippen LogP contribution in [-0.4, -0.2) is 31.9 Å². The second-order valence-corrected chi connectivity index (χ2v) is 13.6. The van der Waals surface area contributed by atoms with E-state index in [9.17, 15) is 0 Å². The molecule has 0 bridgehead atoms. The van der Waals surface area contributed by atoms with Gasteiger partial charge in [0.2, 0.25) is 0 Å². The first-order valence-corrected chi connectivity index (χ1v) is 18.7. The number of halogens is 2. The zero-order valence-corrected chi connectivity index (χ0v) is 30.3. The lowest BCUT2D eigenvalue weighted by Gasteiger charge is -2.15. The van der Waals surface area contributed by atoms with Gasteiger partial charge in [-0.25, -0.2) is 9.97 Å². The van der Waals surface area contributed by atoms with Gasteiger partial charge in [0.05, 0.1) is 45.3 Å². The number of aromatic nitrogens is 4. The third-order valence-corrected chi connectivity index (χ3v) is 9.99. The molecule has 5 rings (SSSR count). The van der Waals surface area contributed by atoms with E-state index in [0.29, 0.717) is 13.2 Å². The quantitative estimate of drug-likeness (QED) is 0.0830. The van der Waals surface area contributed by atoms with Crippen molar-refractivity contribution in [2.24, 2.45) is 0 Å². The van der Waals surface area contributed by atoms with E-state index >= 15 is 0 Å². The molecule has 6 nitrogen and oxygen atoms in total. The highest BCUT2D eigenvalue weighted by Gasteiger charge is 2.21. The highest BCUT2D eigenvalue weighted by molar-refractivity contribution is 9.11. The molecular weight excluding hydrogens is 712 g/mol. The Bertz CT molecular complexity index is 1570. The standard InChI is InChI=1S/C36H42Br2N4O2S/c1-3-5-7-9-11-13-21-43-27-19-15-17-25(23-27)31-32(26-18-16-20-28(24-26)44-22-14-12-10-8-6-4-2)40-34-30(38)36-35(41-45-42-36)29(37)33(34)39-31/h15-20,23-24H,3-14,21-22H2,1-2H3. The summed E-state index contributed by atoms with van der Waals surface area (Å²) in [7, 11) is 0. The fourth-order valence-corrected chi connectivity index (χ4v) is 7.36. The van der Waals surface area contributed by atoms with Gasteiger partial charge >= 0.3 is 0 Å². The average molecular weight is 755 g/mol. The molecule has 0 aliphatic carbocycles. The molecule has 0 aliphatic rings. The first-order valence-electron chi connectivity index (χ1n) is 16.4. The molecule has 3 aromatic carbocycles. The van der Waals surface area contributed by atoms with E-state index in [-0.39, 0.29) is 0 Å². The zero-order valence-electron chi connectivity index (χ0n) is 26.3. The summed E-state index contributed by atoms with van der Waals surface area (Å²) in [6, 6.07) is 16.4. The molecule has 0 saturated carbocycles. The van der Waals surface area contributed by atoms with Crippen molar-refractivity contribution in [3.8, 4) is 34.0 Å². The minimum atomic E-state index is 0.705. The molecular formula is C36H42Br2N4O2S. The van der Waals surface area contributed by atoms with Crippen LogP contribution in [0, 0.1) is 0 Å². The van der Waals surface area contributed by atoms with Gasteiger partial charge in [-0.2, -0.15) is 8.75 Å². The van der Waals surface area contributed by atoms with Crippen LogP contribution in [0.25, 0.3) is 44.6 Å². The third-order valence-electron chi connectivity index (χ3n) is 7.96. The molecule has 0 amide bonds. The fourth-order valence-electron chi connectivity index (χ4n) is 5.46. The Morgan fingerprint density at radius 3 is 1.42 bits per heavy atom. The van der Waals surface area contributed by atoms with Crippen LogP contribution < -0.4 is 9.47 Å². The van der Waals surface area contributed by atoms with Crippen LogP contribution in [0.5, 0.6) is 11.5 Å². The molecule has 2 heterocycles. The number of rotatable bonds is 18. The Morgan fingerprint density at radius 1 is 0.556 bits per heavy atom. The summed E-state index contributed by atoms with van der Waals surface area (Å²) in [6.45, 7) is 5.91. The van der Waals surface area contributed by atoms with Crippen LogP contribution in [0.15, 0.2) is 57.5 Å². The summed E-state index contributed by atoms with van der Waals surface area (Å²) in [5.74, 6) is 1.67. The summed E-state index contributed by atoms with van der Waals surface area (Å²) in [6.07, 6.45) is 14.8. The third kappa shape index (κ3) is 8.80. The van der Waals surface area contributed by atoms with E-state index in [1.807, 2.05) is 24.3 Å². The molecule has 0 N–H and O–H groups in total. The number of fused-ring (bicyclic) bond motifs is 2. The second-order valence-electron chi connectivity index (χ2n) is 11.5. The molecule has 0 spiro atoms. The monoisotopic (exact) mass is 752 g/mol. The molecule has 45 heavy (non-hydrogen) atoms. The minimum Gasteiger partial charge on any atom is -0.494 e. The van der Waals surface area contributed by atoms with Crippen LogP contribution in [0.4, 0.5) is 0 Å². The van der Waals surface area contributed by atoms with Crippen molar-refractivity contribution in [2.45, 2.75) is 90.9 Å². The predicted molar refractivity (Wildman–Crippen MR) is 195 cm³/mol. The SMILES string of the molecule is CCCCCCCCOc1cccc(-c2nc3c(Br)c4nsnc4c(Br)c3nc2-c2cccc(OCCCCCCCC)c2)c1. The lowest BCUT2D eigenvalue weighted by Crippen LogP contribution is -2.00. The van der Waals surface area contributed by atoms with Crippen LogP contribution in [0.2, 0.25) is 0 Å². The van der Waals surface area contributed by atoms with Gasteiger partial charge in [-0.1, -0.05) is 102 Å². The molecule has 0 radical (unpaired) electrons. The summed E-state index contributed by atoms with van der Waals surface area (Å²) in [5, 5.41) is 0. The molecule has 5 aromatic rings. The maximum Gasteiger partial charge on any atom is 0.122 e. The Hall–Kier alpha value is -2.62. The van der Waals surface area contributed by atoms with Gasteiger partial charge in [0.25, 0.3) is 0 Å². The van der Waals surface area contributed by atoms with Gasteiger partial charge in [0, 0.05) is 11.1 Å². The fraction of sp³-hybridized carbons (Fsp3) is 0.444. The number of unbranched alkanes of at least 4 members (excludes halogenated alkanes) is 10. The maximum atomic E-state index is 6.20. The van der Waals surface area contributed by atoms with Crippen molar-refractivity contribution in [3.05, 3.63) is 57.5 Å². The lowest BCUT2D eigenvalue weighted by atomic mass is 10.0. The topological polar surface area (TPSA) is 70.0 Å². The van der Waals surface area contributed by atoms with E-state index in [2.05, 4.69) is 78.7 Å². The molecule has 0 unspecified atom stereocenters. The second kappa shape index (κ2) is 17.3. The van der Waals surface area contributed by atoms with E-state index in [4.69, 9.17) is 19.4 Å². The normalized spacial score (nSPS) is 11.5. The van der Waals surface area contributed by atoms with Crippen molar-refractivity contribution in [3.63, 3.8) is 0 Å². The van der Waals surface area contributed by atoms with Crippen molar-refractivity contribution < 1.29 is 9.47 Å². The van der Waals surface area contributed by atoms with Crippen molar-refractivity contribution >= 4 is 65.7 Å². The summed E-state index contributed by atoms with van der Waals surface area (Å²) < 4.78 is 23.0. The molecule has 0 saturated heterocycles. The summed E-state index contributed by atoms with van der Waals surface area (Å²) >= 11 is 8.71. The first kappa shape index (κ1) is 33.7. The Kier molecular flexibility index (Phi) is 13.0. The van der Waals surface area contributed by atoms with E-state index in [0.717, 1.165) is 77.9 Å². The predicted octanol–water partition coefficient (Wildman–Crippen LogP) is 12.0. The van der Waals surface area contributed by atoms with Crippen LogP contribution in [-0.2, 0) is 0 Å². The van der Waals surface area contributed by atoms with Gasteiger partial charge in [0.1, 0.15) is 33.6 Å². The van der Waals surface area contributed by atoms with Gasteiger partial charge in [-0.15, -0.1) is 0 Å². The number of hydrogen-bond acceptors (Lipinski definition) is 7. The largest absolute Gasteiger partial charge is 0.494 e. The molecule has 2 aromatic heterocycles. The number of benzene rings is 3. The van der Waals surface area contributed by atoms with Crippen LogP contribution in [0.1, 0.15) is 90.9 Å². The van der Waals surface area contributed by atoms with Crippen LogP contribution >= 0.6 is 43.6 Å². The number of ether oxygens (including phenoxy) is 2. The van der Waals surface area contributed by atoms with E-state index in [1.165, 1.54) is 75.9 Å². The molecule has 9 heteroatoms. The molecule has 238 valence electrons. The Balaban J connectivity index is 1.45. The minimum absolute atomic E-state index is 0.705. The first-order chi connectivity index (χ1) is 22.1. The number of nitrogens with zero attached hydrogens (tertiary/aromatic N) is 4. The van der Waals surface area contributed by atoms with E-state index < -0.39 is 0 Å². The van der Waals surface area contributed by atoms with Crippen LogP contribution in [0.3, 0.4) is 0 Å². The summed E-state index contributed by atoms with van der Waals surface area (Å²) in [4.78, 5) is 10.5. The zero-order chi connectivity index (χ0) is 31.4. The summed E-state index contributed by atoms with van der Waals surface area (Å²) in [5.41, 5.74) is 6.44. The van der Waals surface area contributed by atoms with Crippen molar-refractivity contribution in [1.82, 2.24) is 18.7 Å². The van der Waals surface area contributed by atoms with Gasteiger partial charge in [-0.3, -0.25) is 0 Å². The Morgan fingerprint density at radius 2 is 0.978 bits per heavy atom. The van der Waals surface area contributed by atoms with Crippen molar-refractivity contribution in [1.29, 1.82) is 0 Å². The highest BCUT2D eigenvalue weighted by Crippen LogP contribution is 2.41. The highest BCUT2D eigenvalue weighted by atomic mass is 79.9. The number of hydrogen-bond donors (Lipinski definition) is 0. The van der Waals surface area contributed by atoms with Crippen molar-refractivity contribution in [2.75, 3.05) is 13.2 Å². The van der Waals surface area contributed by atoms with Gasteiger partial charge in [-0.05, 0) is 69.0 Å².